The highest BCUT2D eigenvalue weighted by Gasteiger charge is 2.53. The molecule has 0 aromatic heterocycles. The van der Waals surface area contributed by atoms with Gasteiger partial charge in [-0.05, 0) is 26.7 Å². The average molecular weight is 346 g/mol. The SMILES string of the molecule is CCO[C@@]1(C)C[C@H]1NC(=O)N1CCOC2(CCS(=O)(=O)CC2)C1. The Kier molecular flexibility index (Phi) is 4.35. The Hall–Kier alpha value is -0.860. The lowest BCUT2D eigenvalue weighted by atomic mass is 9.94. The van der Waals surface area contributed by atoms with Crippen molar-refractivity contribution in [3.8, 4) is 0 Å². The van der Waals surface area contributed by atoms with Gasteiger partial charge in [0.1, 0.15) is 0 Å². The number of urea groups is 1. The maximum absolute atomic E-state index is 12.5. The van der Waals surface area contributed by atoms with E-state index >= 15 is 0 Å². The molecule has 1 spiro atoms. The molecule has 132 valence electrons. The molecule has 2 saturated heterocycles. The Bertz CT molecular complexity index is 564. The number of hydrogen-bond acceptors (Lipinski definition) is 5. The van der Waals surface area contributed by atoms with Gasteiger partial charge in [0, 0.05) is 19.6 Å². The maximum atomic E-state index is 12.5. The molecule has 2 aliphatic heterocycles. The standard InChI is InChI=1S/C15H26N2O5S/c1-3-21-14(2)10-12(14)16-13(18)17-6-7-22-15(11-17)4-8-23(19,20)9-5-15/h12H,3-11H2,1-2H3,(H,16,18)/t12-,14+/m1/s1. The van der Waals surface area contributed by atoms with Crippen molar-refractivity contribution >= 4 is 15.9 Å². The first-order chi connectivity index (χ1) is 10.8. The second kappa shape index (κ2) is 5.89. The minimum atomic E-state index is -2.94. The number of hydrogen-bond donors (Lipinski definition) is 1. The summed E-state index contributed by atoms with van der Waals surface area (Å²) in [5, 5.41) is 3.03. The van der Waals surface area contributed by atoms with Crippen molar-refractivity contribution in [2.75, 3.05) is 37.8 Å². The minimum Gasteiger partial charge on any atom is -0.373 e. The fourth-order valence-corrected chi connectivity index (χ4v) is 5.08. The normalized spacial score (nSPS) is 35.0. The lowest BCUT2D eigenvalue weighted by Crippen LogP contribution is -2.58. The van der Waals surface area contributed by atoms with Crippen LogP contribution in [0.4, 0.5) is 4.79 Å². The fourth-order valence-electron chi connectivity index (χ4n) is 3.51. The van der Waals surface area contributed by atoms with E-state index in [2.05, 4.69) is 5.32 Å². The predicted molar refractivity (Wildman–Crippen MR) is 85.1 cm³/mol. The zero-order valence-corrected chi connectivity index (χ0v) is 14.7. The van der Waals surface area contributed by atoms with Gasteiger partial charge in [0.2, 0.25) is 0 Å². The number of carbonyl (C=O) groups is 1. The molecule has 2 amide bonds. The molecule has 0 aromatic carbocycles. The second-order valence-corrected chi connectivity index (χ2v) is 9.36. The molecule has 7 nitrogen and oxygen atoms in total. The van der Waals surface area contributed by atoms with Crippen molar-refractivity contribution in [2.24, 2.45) is 0 Å². The highest BCUT2D eigenvalue weighted by Crippen LogP contribution is 2.39. The largest absolute Gasteiger partial charge is 0.373 e. The molecule has 0 bridgehead atoms. The summed E-state index contributed by atoms with van der Waals surface area (Å²) >= 11 is 0. The first-order valence-corrected chi connectivity index (χ1v) is 10.1. The van der Waals surface area contributed by atoms with Crippen LogP contribution in [0.25, 0.3) is 0 Å². The Morgan fingerprint density at radius 2 is 2.09 bits per heavy atom. The molecule has 23 heavy (non-hydrogen) atoms. The van der Waals surface area contributed by atoms with E-state index in [1.165, 1.54) is 0 Å². The number of amides is 2. The smallest absolute Gasteiger partial charge is 0.317 e. The molecule has 1 aliphatic carbocycles. The summed E-state index contributed by atoms with van der Waals surface area (Å²) in [7, 11) is -2.94. The van der Waals surface area contributed by atoms with Crippen molar-refractivity contribution < 1.29 is 22.7 Å². The molecule has 2 atom stereocenters. The van der Waals surface area contributed by atoms with E-state index in [1.807, 2.05) is 13.8 Å². The fraction of sp³-hybridized carbons (Fsp3) is 0.933. The second-order valence-electron chi connectivity index (χ2n) is 7.06. The number of rotatable bonds is 3. The molecule has 0 unspecified atom stereocenters. The van der Waals surface area contributed by atoms with Crippen LogP contribution in [-0.2, 0) is 19.3 Å². The van der Waals surface area contributed by atoms with E-state index in [1.54, 1.807) is 4.90 Å². The third kappa shape index (κ3) is 3.64. The van der Waals surface area contributed by atoms with Crippen LogP contribution < -0.4 is 5.32 Å². The van der Waals surface area contributed by atoms with Crippen LogP contribution >= 0.6 is 0 Å². The van der Waals surface area contributed by atoms with Gasteiger partial charge in [-0.25, -0.2) is 13.2 Å². The zero-order chi connectivity index (χ0) is 16.7. The van der Waals surface area contributed by atoms with Crippen LogP contribution in [0.5, 0.6) is 0 Å². The molecule has 3 fully saturated rings. The summed E-state index contributed by atoms with van der Waals surface area (Å²) in [5.74, 6) is 0.293. The van der Waals surface area contributed by atoms with E-state index in [-0.39, 0.29) is 29.2 Å². The molecule has 0 aromatic rings. The minimum absolute atomic E-state index is 0.0560. The molecule has 0 radical (unpaired) electrons. The van der Waals surface area contributed by atoms with E-state index in [4.69, 9.17) is 9.47 Å². The topological polar surface area (TPSA) is 84.9 Å². The zero-order valence-electron chi connectivity index (χ0n) is 13.8. The highest BCUT2D eigenvalue weighted by molar-refractivity contribution is 7.91. The van der Waals surface area contributed by atoms with Gasteiger partial charge in [0.05, 0.1) is 41.9 Å². The van der Waals surface area contributed by atoms with Gasteiger partial charge in [-0.3, -0.25) is 0 Å². The van der Waals surface area contributed by atoms with Crippen LogP contribution in [-0.4, -0.2) is 74.4 Å². The number of nitrogens with zero attached hydrogens (tertiary/aromatic N) is 1. The first-order valence-electron chi connectivity index (χ1n) is 8.31. The highest BCUT2D eigenvalue weighted by atomic mass is 32.2. The van der Waals surface area contributed by atoms with Crippen LogP contribution in [0.2, 0.25) is 0 Å². The number of carbonyl (C=O) groups excluding carboxylic acids is 1. The van der Waals surface area contributed by atoms with Gasteiger partial charge in [0.15, 0.2) is 9.84 Å². The Balaban J connectivity index is 1.56. The third-order valence-corrected chi connectivity index (χ3v) is 6.88. The molecular weight excluding hydrogens is 320 g/mol. The summed E-state index contributed by atoms with van der Waals surface area (Å²) in [6, 6.07) is -0.0463. The van der Waals surface area contributed by atoms with Crippen LogP contribution in [0.3, 0.4) is 0 Å². The van der Waals surface area contributed by atoms with Gasteiger partial charge >= 0.3 is 6.03 Å². The molecule has 2 heterocycles. The van der Waals surface area contributed by atoms with Crippen molar-refractivity contribution in [1.29, 1.82) is 0 Å². The van der Waals surface area contributed by atoms with E-state index in [0.29, 0.717) is 39.1 Å². The van der Waals surface area contributed by atoms with Crippen LogP contribution in [0.15, 0.2) is 0 Å². The van der Waals surface area contributed by atoms with Gasteiger partial charge in [-0.15, -0.1) is 0 Å². The van der Waals surface area contributed by atoms with Gasteiger partial charge < -0.3 is 19.7 Å². The Morgan fingerprint density at radius 3 is 2.74 bits per heavy atom. The monoisotopic (exact) mass is 346 g/mol. The van der Waals surface area contributed by atoms with Gasteiger partial charge in [-0.1, -0.05) is 0 Å². The quantitative estimate of drug-likeness (QED) is 0.806. The summed E-state index contributed by atoms with van der Waals surface area (Å²) in [5.41, 5.74) is -0.735. The first kappa shape index (κ1) is 17.0. The molecule has 3 aliphatic rings. The molecular formula is C15H26N2O5S. The molecule has 1 saturated carbocycles. The van der Waals surface area contributed by atoms with Crippen molar-refractivity contribution in [3.63, 3.8) is 0 Å². The summed E-state index contributed by atoms with van der Waals surface area (Å²) < 4.78 is 34.8. The average Bonchev–Trinajstić information content (AvgIpc) is 3.13. The summed E-state index contributed by atoms with van der Waals surface area (Å²) in [4.78, 5) is 14.2. The molecule has 1 N–H and O–H groups in total. The number of ether oxygens (including phenoxy) is 2. The summed E-state index contributed by atoms with van der Waals surface area (Å²) in [6.07, 6.45) is 1.78. The van der Waals surface area contributed by atoms with E-state index < -0.39 is 15.4 Å². The maximum Gasteiger partial charge on any atom is 0.317 e. The van der Waals surface area contributed by atoms with E-state index in [9.17, 15) is 13.2 Å². The van der Waals surface area contributed by atoms with Crippen LogP contribution in [0.1, 0.15) is 33.1 Å². The molecule has 3 rings (SSSR count). The summed E-state index contributed by atoms with van der Waals surface area (Å²) in [6.45, 7) is 6.06. The lowest BCUT2D eigenvalue weighted by Gasteiger charge is -2.44. The van der Waals surface area contributed by atoms with Gasteiger partial charge in [-0.2, -0.15) is 0 Å². The van der Waals surface area contributed by atoms with Crippen molar-refractivity contribution in [2.45, 2.75) is 50.4 Å². The Morgan fingerprint density at radius 1 is 1.39 bits per heavy atom. The third-order valence-electron chi connectivity index (χ3n) is 5.23. The van der Waals surface area contributed by atoms with Crippen molar-refractivity contribution in [1.82, 2.24) is 10.2 Å². The number of nitrogens with one attached hydrogen (secondary N) is 1. The van der Waals surface area contributed by atoms with E-state index in [0.717, 1.165) is 6.42 Å². The number of sulfone groups is 1. The number of morpholine rings is 1. The lowest BCUT2D eigenvalue weighted by molar-refractivity contribution is -0.102. The van der Waals surface area contributed by atoms with Crippen molar-refractivity contribution in [3.05, 3.63) is 0 Å². The predicted octanol–water partition coefficient (Wildman–Crippen LogP) is 0.543. The molecule has 8 heteroatoms. The van der Waals surface area contributed by atoms with Gasteiger partial charge in [0.25, 0.3) is 0 Å². The van der Waals surface area contributed by atoms with Crippen LogP contribution in [0, 0.1) is 0 Å². The Labute approximate surface area is 137 Å².